The fourth-order valence-electron chi connectivity index (χ4n) is 2.59. The van der Waals surface area contributed by atoms with Gasteiger partial charge in [-0.3, -0.25) is 9.79 Å². The molecule has 0 aromatic heterocycles. The SMILES string of the molecule is CCNC(=NCCCOC1CCOC1)NCCNC(=O)c1ccc(Cl)c(Cl)c1. The minimum Gasteiger partial charge on any atom is -0.379 e. The van der Waals surface area contributed by atoms with Gasteiger partial charge in [-0.25, -0.2) is 0 Å². The van der Waals surface area contributed by atoms with Crippen molar-refractivity contribution in [1.82, 2.24) is 16.0 Å². The van der Waals surface area contributed by atoms with E-state index in [4.69, 9.17) is 32.7 Å². The molecule has 1 atom stereocenters. The third-order valence-electron chi connectivity index (χ3n) is 4.04. The molecule has 1 fully saturated rings. The highest BCUT2D eigenvalue weighted by molar-refractivity contribution is 6.42. The highest BCUT2D eigenvalue weighted by Gasteiger charge is 2.15. The largest absolute Gasteiger partial charge is 0.379 e. The van der Waals surface area contributed by atoms with Crippen LogP contribution >= 0.6 is 23.2 Å². The third-order valence-corrected chi connectivity index (χ3v) is 4.78. The Balaban J connectivity index is 1.64. The van der Waals surface area contributed by atoms with Crippen LogP contribution in [0.2, 0.25) is 10.0 Å². The van der Waals surface area contributed by atoms with Gasteiger partial charge in [0.2, 0.25) is 0 Å². The highest BCUT2D eigenvalue weighted by Crippen LogP contribution is 2.22. The Morgan fingerprint density at radius 1 is 1.25 bits per heavy atom. The molecule has 2 rings (SSSR count). The van der Waals surface area contributed by atoms with Crippen molar-refractivity contribution in [1.29, 1.82) is 0 Å². The zero-order valence-electron chi connectivity index (χ0n) is 16.1. The van der Waals surface area contributed by atoms with Gasteiger partial charge >= 0.3 is 0 Å². The van der Waals surface area contributed by atoms with E-state index in [1.807, 2.05) is 6.92 Å². The van der Waals surface area contributed by atoms with E-state index in [1.54, 1.807) is 18.2 Å². The predicted molar refractivity (Wildman–Crippen MR) is 113 cm³/mol. The molecule has 0 radical (unpaired) electrons. The Labute approximate surface area is 176 Å². The summed E-state index contributed by atoms with van der Waals surface area (Å²) >= 11 is 11.8. The molecule has 1 heterocycles. The summed E-state index contributed by atoms with van der Waals surface area (Å²) in [5, 5.41) is 9.99. The number of carbonyl (C=O) groups is 1. The maximum absolute atomic E-state index is 12.1. The van der Waals surface area contributed by atoms with Crippen molar-refractivity contribution < 1.29 is 14.3 Å². The number of benzene rings is 1. The van der Waals surface area contributed by atoms with E-state index in [2.05, 4.69) is 20.9 Å². The molecule has 1 amide bonds. The fraction of sp³-hybridized carbons (Fsp3) is 0.579. The van der Waals surface area contributed by atoms with E-state index in [0.717, 1.165) is 32.0 Å². The number of ether oxygens (including phenoxy) is 2. The van der Waals surface area contributed by atoms with Crippen LogP contribution in [0.5, 0.6) is 0 Å². The van der Waals surface area contributed by atoms with E-state index in [-0.39, 0.29) is 12.0 Å². The maximum Gasteiger partial charge on any atom is 0.251 e. The lowest BCUT2D eigenvalue weighted by Gasteiger charge is -2.12. The van der Waals surface area contributed by atoms with Gasteiger partial charge in [-0.15, -0.1) is 0 Å². The summed E-state index contributed by atoms with van der Waals surface area (Å²) in [6.07, 6.45) is 2.05. The average molecular weight is 431 g/mol. The zero-order chi connectivity index (χ0) is 20.2. The van der Waals surface area contributed by atoms with Crippen molar-refractivity contribution in [2.24, 2.45) is 4.99 Å². The summed E-state index contributed by atoms with van der Waals surface area (Å²) in [6.45, 7) is 6.60. The molecule has 28 heavy (non-hydrogen) atoms. The van der Waals surface area contributed by atoms with Gasteiger partial charge in [0.1, 0.15) is 0 Å². The van der Waals surface area contributed by atoms with Crippen LogP contribution in [-0.2, 0) is 9.47 Å². The van der Waals surface area contributed by atoms with Gasteiger partial charge in [-0.1, -0.05) is 23.2 Å². The van der Waals surface area contributed by atoms with E-state index < -0.39 is 0 Å². The van der Waals surface area contributed by atoms with Gasteiger partial charge in [-0.05, 0) is 38.0 Å². The highest BCUT2D eigenvalue weighted by atomic mass is 35.5. The number of hydrogen-bond acceptors (Lipinski definition) is 4. The second kappa shape index (κ2) is 12.8. The Morgan fingerprint density at radius 2 is 2.07 bits per heavy atom. The van der Waals surface area contributed by atoms with Crippen molar-refractivity contribution >= 4 is 35.1 Å². The minimum atomic E-state index is -0.199. The van der Waals surface area contributed by atoms with Gasteiger partial charge in [0, 0.05) is 45.0 Å². The summed E-state index contributed by atoms with van der Waals surface area (Å²) in [5.74, 6) is 0.519. The standard InChI is InChI=1S/C19H28Cl2N4O3/c1-2-22-19(24-7-3-10-28-15-6-11-27-13-15)25-9-8-23-18(26)14-4-5-16(20)17(21)12-14/h4-5,12,15H,2-3,6-11,13H2,1H3,(H,23,26)(H2,22,24,25). The molecule has 7 nitrogen and oxygen atoms in total. The molecular weight excluding hydrogens is 403 g/mol. The topological polar surface area (TPSA) is 84.0 Å². The number of halogens is 2. The normalized spacial score (nSPS) is 16.8. The van der Waals surface area contributed by atoms with Crippen molar-refractivity contribution in [2.45, 2.75) is 25.9 Å². The van der Waals surface area contributed by atoms with Crippen LogP contribution in [0.3, 0.4) is 0 Å². The van der Waals surface area contributed by atoms with E-state index in [0.29, 0.717) is 48.5 Å². The van der Waals surface area contributed by atoms with Gasteiger partial charge in [0.15, 0.2) is 5.96 Å². The molecule has 0 bridgehead atoms. The van der Waals surface area contributed by atoms with Crippen molar-refractivity contribution in [3.63, 3.8) is 0 Å². The number of carbonyl (C=O) groups excluding carboxylic acids is 1. The summed E-state index contributed by atoms with van der Waals surface area (Å²) in [7, 11) is 0. The molecule has 1 unspecified atom stereocenters. The van der Waals surface area contributed by atoms with Gasteiger partial charge < -0.3 is 25.4 Å². The summed E-state index contributed by atoms with van der Waals surface area (Å²) < 4.78 is 11.0. The summed E-state index contributed by atoms with van der Waals surface area (Å²) in [4.78, 5) is 16.6. The molecule has 0 spiro atoms. The van der Waals surface area contributed by atoms with Crippen LogP contribution in [0, 0.1) is 0 Å². The molecule has 0 aliphatic carbocycles. The molecular formula is C19H28Cl2N4O3. The number of guanidine groups is 1. The smallest absolute Gasteiger partial charge is 0.251 e. The van der Waals surface area contributed by atoms with Crippen LogP contribution < -0.4 is 16.0 Å². The number of amides is 1. The molecule has 1 aliphatic rings. The monoisotopic (exact) mass is 430 g/mol. The first-order chi connectivity index (χ1) is 13.6. The average Bonchev–Trinajstić information content (AvgIpc) is 3.20. The van der Waals surface area contributed by atoms with Crippen molar-refractivity contribution in [2.75, 3.05) is 46.0 Å². The first kappa shape index (κ1) is 22.7. The van der Waals surface area contributed by atoms with E-state index in [9.17, 15) is 4.79 Å². The first-order valence-electron chi connectivity index (χ1n) is 9.55. The molecule has 9 heteroatoms. The van der Waals surface area contributed by atoms with E-state index in [1.165, 1.54) is 0 Å². The van der Waals surface area contributed by atoms with Crippen LogP contribution in [0.25, 0.3) is 0 Å². The molecule has 1 aliphatic heterocycles. The Kier molecular flexibility index (Phi) is 10.4. The zero-order valence-corrected chi connectivity index (χ0v) is 17.6. The van der Waals surface area contributed by atoms with Crippen molar-refractivity contribution in [3.05, 3.63) is 33.8 Å². The molecule has 1 aromatic rings. The number of nitrogens with zero attached hydrogens (tertiary/aromatic N) is 1. The summed E-state index contributed by atoms with van der Waals surface area (Å²) in [5.41, 5.74) is 0.475. The number of rotatable bonds is 10. The lowest BCUT2D eigenvalue weighted by atomic mass is 10.2. The van der Waals surface area contributed by atoms with Crippen LogP contribution in [-0.4, -0.2) is 64.0 Å². The van der Waals surface area contributed by atoms with Gasteiger partial charge in [-0.2, -0.15) is 0 Å². The first-order valence-corrected chi connectivity index (χ1v) is 10.3. The number of aliphatic imine (C=N–C) groups is 1. The Morgan fingerprint density at radius 3 is 2.79 bits per heavy atom. The molecule has 1 saturated heterocycles. The number of nitrogens with one attached hydrogen (secondary N) is 3. The minimum absolute atomic E-state index is 0.199. The Hall–Kier alpha value is -1.54. The molecule has 1 aromatic carbocycles. The molecule has 156 valence electrons. The molecule has 3 N–H and O–H groups in total. The van der Waals surface area contributed by atoms with Gasteiger partial charge in [0.25, 0.3) is 5.91 Å². The van der Waals surface area contributed by atoms with Crippen molar-refractivity contribution in [3.8, 4) is 0 Å². The van der Waals surface area contributed by atoms with Crippen LogP contribution in [0.1, 0.15) is 30.1 Å². The number of hydrogen-bond donors (Lipinski definition) is 3. The quantitative estimate of drug-likeness (QED) is 0.301. The lowest BCUT2D eigenvalue weighted by Crippen LogP contribution is -2.41. The predicted octanol–water partition coefficient (Wildman–Crippen LogP) is 2.47. The molecule has 0 saturated carbocycles. The van der Waals surface area contributed by atoms with Crippen LogP contribution in [0.4, 0.5) is 0 Å². The fourth-order valence-corrected chi connectivity index (χ4v) is 2.89. The van der Waals surface area contributed by atoms with E-state index >= 15 is 0 Å². The van der Waals surface area contributed by atoms with Crippen LogP contribution in [0.15, 0.2) is 23.2 Å². The lowest BCUT2D eigenvalue weighted by molar-refractivity contribution is 0.0424. The maximum atomic E-state index is 12.1. The summed E-state index contributed by atoms with van der Waals surface area (Å²) in [6, 6.07) is 4.80. The Bertz CT molecular complexity index is 652. The third kappa shape index (κ3) is 8.22. The van der Waals surface area contributed by atoms with Gasteiger partial charge in [0.05, 0.1) is 22.8 Å². The second-order valence-corrected chi connectivity index (χ2v) is 7.10. The second-order valence-electron chi connectivity index (χ2n) is 6.28.